The van der Waals surface area contributed by atoms with E-state index >= 15 is 0 Å². The van der Waals surface area contributed by atoms with Crippen LogP contribution in [-0.4, -0.2) is 36.3 Å². The van der Waals surface area contributed by atoms with Gasteiger partial charge in [-0.15, -0.1) is 10.2 Å². The second-order valence-electron chi connectivity index (χ2n) is 8.40. The minimum Gasteiger partial charge on any atom is -0.467 e. The maximum Gasteiger partial charge on any atom is 0.237 e. The van der Waals surface area contributed by atoms with Crippen LogP contribution >= 0.6 is 11.8 Å². The van der Waals surface area contributed by atoms with Crippen molar-refractivity contribution in [1.82, 2.24) is 24.6 Å². The number of pyridine rings is 1. The molecule has 0 radical (unpaired) electrons. The molecule has 8 heteroatoms. The van der Waals surface area contributed by atoms with Gasteiger partial charge in [0, 0.05) is 23.7 Å². The van der Waals surface area contributed by atoms with E-state index in [0.29, 0.717) is 18.2 Å². The zero-order valence-electron chi connectivity index (χ0n) is 19.4. The summed E-state index contributed by atoms with van der Waals surface area (Å²) in [6.45, 7) is 1.06. The predicted octanol–water partition coefficient (Wildman–Crippen LogP) is 5.56. The van der Waals surface area contributed by atoms with E-state index in [0.717, 1.165) is 47.7 Å². The minimum absolute atomic E-state index is 0.0410. The predicted molar refractivity (Wildman–Crippen MR) is 135 cm³/mol. The maximum atomic E-state index is 13.4. The fraction of sp³-hybridized carbons (Fsp3) is 0.259. The molecule has 0 aliphatic heterocycles. The van der Waals surface area contributed by atoms with E-state index in [2.05, 4.69) is 38.0 Å². The van der Waals surface area contributed by atoms with Gasteiger partial charge in [-0.05, 0) is 55.5 Å². The van der Waals surface area contributed by atoms with Crippen LogP contribution < -0.4 is 0 Å². The van der Waals surface area contributed by atoms with Gasteiger partial charge >= 0.3 is 0 Å². The van der Waals surface area contributed by atoms with Crippen molar-refractivity contribution < 1.29 is 9.21 Å². The molecule has 1 amide bonds. The van der Waals surface area contributed by atoms with E-state index in [1.165, 1.54) is 18.2 Å². The van der Waals surface area contributed by atoms with Crippen LogP contribution in [0.4, 0.5) is 0 Å². The normalized spacial score (nSPS) is 13.4. The van der Waals surface area contributed by atoms with Crippen LogP contribution in [0, 0.1) is 0 Å². The summed E-state index contributed by atoms with van der Waals surface area (Å²) >= 11 is 1.42. The molecule has 1 aliphatic rings. The zero-order chi connectivity index (χ0) is 23.9. The highest BCUT2D eigenvalue weighted by Gasteiger charge is 2.23. The van der Waals surface area contributed by atoms with E-state index in [4.69, 9.17) is 4.42 Å². The van der Waals surface area contributed by atoms with Gasteiger partial charge in [0.1, 0.15) is 5.76 Å². The SMILES string of the molecule is O=C(CSc1nnc(-c2ccncc2)n1Cc1ccccc1)N(Cc1ccco1)C1=CCCCC1. The fourth-order valence-corrected chi connectivity index (χ4v) is 5.01. The average molecular weight is 486 g/mol. The molecule has 4 aromatic rings. The third kappa shape index (κ3) is 5.71. The second kappa shape index (κ2) is 11.2. The molecule has 0 saturated carbocycles. The van der Waals surface area contributed by atoms with Gasteiger partial charge in [0.2, 0.25) is 5.91 Å². The molecular weight excluding hydrogens is 458 g/mol. The highest BCUT2D eigenvalue weighted by atomic mass is 32.2. The molecule has 0 saturated heterocycles. The number of allylic oxidation sites excluding steroid dienone is 2. The molecular formula is C27H27N5O2S. The Hall–Kier alpha value is -3.65. The van der Waals surface area contributed by atoms with E-state index in [1.807, 2.05) is 47.4 Å². The maximum absolute atomic E-state index is 13.4. The lowest BCUT2D eigenvalue weighted by Crippen LogP contribution is -2.32. The quantitative estimate of drug-likeness (QED) is 0.289. The van der Waals surface area contributed by atoms with E-state index < -0.39 is 0 Å². The topological polar surface area (TPSA) is 77.1 Å². The van der Waals surface area contributed by atoms with Crippen molar-refractivity contribution in [2.75, 3.05) is 5.75 Å². The van der Waals surface area contributed by atoms with Crippen molar-refractivity contribution in [2.45, 2.75) is 43.9 Å². The van der Waals surface area contributed by atoms with Crippen LogP contribution in [0.25, 0.3) is 11.4 Å². The van der Waals surface area contributed by atoms with E-state index in [1.54, 1.807) is 18.7 Å². The standard InChI is InChI=1S/C27H27N5O2S/c33-25(31(19-24-12-7-17-34-24)23-10-5-2-6-11-23)20-35-27-30-29-26(22-13-15-28-16-14-22)32(27)18-21-8-3-1-4-9-21/h1,3-4,7-10,12-17H,2,5-6,11,18-20H2. The Morgan fingerprint density at radius 2 is 1.89 bits per heavy atom. The van der Waals surface area contributed by atoms with Gasteiger partial charge in [-0.1, -0.05) is 48.2 Å². The summed E-state index contributed by atoms with van der Waals surface area (Å²) in [6, 6.07) is 17.8. The number of amides is 1. The molecule has 1 aliphatic carbocycles. The van der Waals surface area contributed by atoms with Crippen molar-refractivity contribution in [3.63, 3.8) is 0 Å². The lowest BCUT2D eigenvalue weighted by atomic mass is 10.0. The van der Waals surface area contributed by atoms with Gasteiger partial charge in [-0.2, -0.15) is 0 Å². The first-order chi connectivity index (χ1) is 17.3. The number of carbonyl (C=O) groups excluding carboxylic acids is 1. The Morgan fingerprint density at radius 3 is 2.63 bits per heavy atom. The molecule has 0 N–H and O–H groups in total. The fourth-order valence-electron chi connectivity index (χ4n) is 4.20. The van der Waals surface area contributed by atoms with Crippen molar-refractivity contribution in [2.24, 2.45) is 0 Å². The number of carbonyl (C=O) groups is 1. The minimum atomic E-state index is 0.0410. The zero-order valence-corrected chi connectivity index (χ0v) is 20.2. The summed E-state index contributed by atoms with van der Waals surface area (Å²) in [5.41, 5.74) is 3.16. The molecule has 0 bridgehead atoms. The number of benzene rings is 1. The summed E-state index contributed by atoms with van der Waals surface area (Å²) in [5.74, 6) is 1.84. The highest BCUT2D eigenvalue weighted by Crippen LogP contribution is 2.28. The molecule has 0 fully saturated rings. The Labute approximate surface area is 208 Å². The van der Waals surface area contributed by atoms with E-state index in [9.17, 15) is 4.79 Å². The molecule has 7 nitrogen and oxygen atoms in total. The summed E-state index contributed by atoms with van der Waals surface area (Å²) < 4.78 is 7.61. The monoisotopic (exact) mass is 485 g/mol. The molecule has 3 aromatic heterocycles. The van der Waals surface area contributed by atoms with Gasteiger partial charge in [-0.25, -0.2) is 0 Å². The van der Waals surface area contributed by atoms with Crippen LogP contribution in [0.2, 0.25) is 0 Å². The number of aromatic nitrogens is 4. The van der Waals surface area contributed by atoms with Crippen LogP contribution in [-0.2, 0) is 17.9 Å². The highest BCUT2D eigenvalue weighted by molar-refractivity contribution is 7.99. The number of rotatable bonds is 9. The smallest absolute Gasteiger partial charge is 0.237 e. The van der Waals surface area contributed by atoms with Gasteiger partial charge in [0.05, 0.1) is 25.1 Å². The number of hydrogen-bond acceptors (Lipinski definition) is 6. The van der Waals surface area contributed by atoms with Crippen molar-refractivity contribution >= 4 is 17.7 Å². The first-order valence-electron chi connectivity index (χ1n) is 11.8. The van der Waals surface area contributed by atoms with Crippen LogP contribution in [0.3, 0.4) is 0 Å². The van der Waals surface area contributed by atoms with Gasteiger partial charge in [0.15, 0.2) is 11.0 Å². The first-order valence-corrected chi connectivity index (χ1v) is 12.8. The molecule has 35 heavy (non-hydrogen) atoms. The molecule has 5 rings (SSSR count). The summed E-state index contributed by atoms with van der Waals surface area (Å²) in [6.07, 6.45) is 11.5. The number of nitrogens with zero attached hydrogens (tertiary/aromatic N) is 5. The summed E-state index contributed by atoms with van der Waals surface area (Å²) in [5, 5.41) is 9.64. The average Bonchev–Trinajstić information content (AvgIpc) is 3.57. The number of hydrogen-bond donors (Lipinski definition) is 0. The van der Waals surface area contributed by atoms with Crippen molar-refractivity contribution in [3.8, 4) is 11.4 Å². The van der Waals surface area contributed by atoms with E-state index in [-0.39, 0.29) is 11.7 Å². The van der Waals surface area contributed by atoms with Crippen molar-refractivity contribution in [1.29, 1.82) is 0 Å². The first kappa shape index (κ1) is 23.1. The third-order valence-corrected chi connectivity index (χ3v) is 6.92. The molecule has 0 unspecified atom stereocenters. The van der Waals surface area contributed by atoms with Crippen LogP contribution in [0.1, 0.15) is 37.0 Å². The Morgan fingerprint density at radius 1 is 1.03 bits per heavy atom. The van der Waals surface area contributed by atoms with Gasteiger partial charge < -0.3 is 9.32 Å². The van der Waals surface area contributed by atoms with Gasteiger partial charge in [0.25, 0.3) is 0 Å². The molecule has 178 valence electrons. The Balaban J connectivity index is 1.38. The number of furan rings is 1. The lowest BCUT2D eigenvalue weighted by molar-refractivity contribution is -0.127. The van der Waals surface area contributed by atoms with Gasteiger partial charge in [-0.3, -0.25) is 14.3 Å². The summed E-state index contributed by atoms with van der Waals surface area (Å²) in [4.78, 5) is 19.4. The Bertz CT molecular complexity index is 1270. The molecule has 1 aromatic carbocycles. The number of thioether (sulfide) groups is 1. The van der Waals surface area contributed by atoms with Crippen LogP contribution in [0.5, 0.6) is 0 Å². The Kier molecular flexibility index (Phi) is 7.38. The summed E-state index contributed by atoms with van der Waals surface area (Å²) in [7, 11) is 0. The lowest BCUT2D eigenvalue weighted by Gasteiger charge is -2.27. The van der Waals surface area contributed by atoms with Crippen LogP contribution in [0.15, 0.2) is 94.6 Å². The second-order valence-corrected chi connectivity index (χ2v) is 9.35. The molecule has 0 atom stereocenters. The largest absolute Gasteiger partial charge is 0.467 e. The third-order valence-electron chi connectivity index (χ3n) is 5.97. The molecule has 0 spiro atoms. The van der Waals surface area contributed by atoms with Crippen molar-refractivity contribution in [3.05, 3.63) is 96.4 Å². The molecule has 3 heterocycles.